The van der Waals surface area contributed by atoms with Gasteiger partial charge < -0.3 is 14.8 Å². The second-order valence-electron chi connectivity index (χ2n) is 7.52. The molecule has 7 heteroatoms. The Morgan fingerprint density at radius 3 is 2.48 bits per heavy atom. The van der Waals surface area contributed by atoms with Crippen molar-refractivity contribution in [2.45, 2.75) is 44.1 Å². The number of benzene rings is 1. The largest absolute Gasteiger partial charge is 0.497 e. The Bertz CT molecular complexity index is 870. The molecule has 1 aliphatic carbocycles. The number of carbonyl (C=O) groups excluding carboxylic acids is 1. The van der Waals surface area contributed by atoms with Gasteiger partial charge in [0.2, 0.25) is 0 Å². The van der Waals surface area contributed by atoms with Gasteiger partial charge in [-0.3, -0.25) is 9.59 Å². The molecular formula is C22H29N3O4. The van der Waals surface area contributed by atoms with Crippen molar-refractivity contribution in [3.63, 3.8) is 0 Å². The summed E-state index contributed by atoms with van der Waals surface area (Å²) in [5.41, 5.74) is 1.11. The van der Waals surface area contributed by atoms with Gasteiger partial charge in [-0.1, -0.05) is 31.4 Å². The lowest BCUT2D eigenvalue weighted by Crippen LogP contribution is -2.42. The first-order valence-electron chi connectivity index (χ1n) is 10.1. The minimum atomic E-state index is -0.269. The first-order chi connectivity index (χ1) is 14.1. The molecule has 1 aromatic carbocycles. The van der Waals surface area contributed by atoms with Crippen molar-refractivity contribution in [3.05, 3.63) is 58.0 Å². The van der Waals surface area contributed by atoms with Gasteiger partial charge in [-0.05, 0) is 36.6 Å². The number of ether oxygens (including phenoxy) is 2. The van der Waals surface area contributed by atoms with Crippen LogP contribution in [0.3, 0.4) is 0 Å². The Morgan fingerprint density at radius 2 is 1.83 bits per heavy atom. The van der Waals surface area contributed by atoms with Crippen LogP contribution >= 0.6 is 0 Å². The average molecular weight is 399 g/mol. The van der Waals surface area contributed by atoms with Crippen LogP contribution in [0.15, 0.2) is 41.2 Å². The normalized spacial score (nSPS) is 15.7. The van der Waals surface area contributed by atoms with Gasteiger partial charge >= 0.3 is 0 Å². The molecule has 0 bridgehead atoms. The van der Waals surface area contributed by atoms with E-state index in [-0.39, 0.29) is 22.6 Å². The third-order valence-corrected chi connectivity index (χ3v) is 5.71. The van der Waals surface area contributed by atoms with Crippen LogP contribution in [0.4, 0.5) is 0 Å². The lowest BCUT2D eigenvalue weighted by atomic mass is 9.69. The van der Waals surface area contributed by atoms with E-state index < -0.39 is 0 Å². The summed E-state index contributed by atoms with van der Waals surface area (Å²) in [5.74, 6) is 0.556. The maximum Gasteiger partial charge on any atom is 0.271 e. The van der Waals surface area contributed by atoms with Gasteiger partial charge in [-0.15, -0.1) is 0 Å². The van der Waals surface area contributed by atoms with E-state index in [1.807, 2.05) is 12.1 Å². The number of aromatic nitrogens is 2. The van der Waals surface area contributed by atoms with Gasteiger partial charge in [0.15, 0.2) is 0 Å². The van der Waals surface area contributed by atoms with Crippen molar-refractivity contribution in [3.8, 4) is 5.75 Å². The predicted octanol–water partition coefficient (Wildman–Crippen LogP) is 2.53. The van der Waals surface area contributed by atoms with E-state index in [2.05, 4.69) is 22.5 Å². The van der Waals surface area contributed by atoms with Crippen LogP contribution in [0, 0.1) is 0 Å². The minimum Gasteiger partial charge on any atom is -0.497 e. The highest BCUT2D eigenvalue weighted by molar-refractivity contribution is 5.92. The molecule has 0 radical (unpaired) electrons. The lowest BCUT2D eigenvalue weighted by molar-refractivity contribution is 0.0928. The molecule has 0 spiro atoms. The smallest absolute Gasteiger partial charge is 0.271 e. The summed E-state index contributed by atoms with van der Waals surface area (Å²) in [4.78, 5) is 24.7. The van der Waals surface area contributed by atoms with Crippen LogP contribution in [-0.2, 0) is 16.7 Å². The van der Waals surface area contributed by atoms with Crippen molar-refractivity contribution < 1.29 is 14.3 Å². The maximum atomic E-state index is 12.8. The van der Waals surface area contributed by atoms with Crippen molar-refractivity contribution in [1.29, 1.82) is 0 Å². The number of hydrogen-bond donors (Lipinski definition) is 1. The zero-order valence-electron chi connectivity index (χ0n) is 17.1. The highest BCUT2D eigenvalue weighted by Crippen LogP contribution is 2.39. The summed E-state index contributed by atoms with van der Waals surface area (Å²) in [7, 11) is 3.22. The molecule has 1 aromatic heterocycles. The molecule has 1 amide bonds. The fraction of sp³-hybridized carbons (Fsp3) is 0.500. The fourth-order valence-electron chi connectivity index (χ4n) is 3.99. The second kappa shape index (κ2) is 9.69. The molecule has 0 aliphatic heterocycles. The zero-order chi connectivity index (χ0) is 20.7. The monoisotopic (exact) mass is 399 g/mol. The van der Waals surface area contributed by atoms with Crippen LogP contribution in [0.25, 0.3) is 0 Å². The van der Waals surface area contributed by atoms with Crippen LogP contribution in [0.5, 0.6) is 5.75 Å². The van der Waals surface area contributed by atoms with Crippen molar-refractivity contribution in [1.82, 2.24) is 15.1 Å². The average Bonchev–Trinajstić information content (AvgIpc) is 2.77. The van der Waals surface area contributed by atoms with Crippen molar-refractivity contribution in [2.75, 3.05) is 27.4 Å². The van der Waals surface area contributed by atoms with E-state index in [0.717, 1.165) is 31.4 Å². The van der Waals surface area contributed by atoms with E-state index >= 15 is 0 Å². The Labute approximate surface area is 171 Å². The van der Waals surface area contributed by atoms with Gasteiger partial charge in [-0.2, -0.15) is 5.10 Å². The molecule has 0 saturated heterocycles. The fourth-order valence-corrected chi connectivity index (χ4v) is 3.99. The van der Waals surface area contributed by atoms with E-state index in [0.29, 0.717) is 19.7 Å². The number of carbonyl (C=O) groups is 1. The minimum absolute atomic E-state index is 0.0926. The molecule has 3 rings (SSSR count). The molecule has 0 atom stereocenters. The maximum absolute atomic E-state index is 12.8. The SMILES string of the molecule is COCCn1nc(C(=O)NCC2(c3ccc(OC)cc3)CCCCC2)ccc1=O. The van der Waals surface area contributed by atoms with Gasteiger partial charge in [0.1, 0.15) is 11.4 Å². The van der Waals surface area contributed by atoms with Gasteiger partial charge in [-0.25, -0.2) is 4.68 Å². The molecule has 1 aliphatic rings. The molecule has 1 heterocycles. The highest BCUT2D eigenvalue weighted by atomic mass is 16.5. The van der Waals surface area contributed by atoms with Crippen molar-refractivity contribution in [2.24, 2.45) is 0 Å². The van der Waals surface area contributed by atoms with E-state index in [9.17, 15) is 9.59 Å². The number of rotatable bonds is 8. The first-order valence-corrected chi connectivity index (χ1v) is 10.1. The Balaban J connectivity index is 1.75. The third-order valence-electron chi connectivity index (χ3n) is 5.71. The number of hydrogen-bond acceptors (Lipinski definition) is 5. The summed E-state index contributed by atoms with van der Waals surface area (Å²) < 4.78 is 11.5. The molecular weight excluding hydrogens is 370 g/mol. The Morgan fingerprint density at radius 1 is 1.10 bits per heavy atom. The highest BCUT2D eigenvalue weighted by Gasteiger charge is 2.34. The van der Waals surface area contributed by atoms with Gasteiger partial charge in [0, 0.05) is 25.1 Å². The quantitative estimate of drug-likeness (QED) is 0.738. The van der Waals surface area contributed by atoms with E-state index in [1.54, 1.807) is 14.2 Å². The summed E-state index contributed by atoms with van der Waals surface area (Å²) >= 11 is 0. The molecule has 7 nitrogen and oxygen atoms in total. The number of methoxy groups -OCH3 is 2. The summed E-state index contributed by atoms with van der Waals surface area (Å²) in [6.07, 6.45) is 5.56. The second-order valence-corrected chi connectivity index (χ2v) is 7.52. The first kappa shape index (κ1) is 21.0. The predicted molar refractivity (Wildman–Crippen MR) is 110 cm³/mol. The topological polar surface area (TPSA) is 82.5 Å². The molecule has 0 unspecified atom stereocenters. The number of amides is 1. The number of nitrogens with zero attached hydrogens (tertiary/aromatic N) is 2. The molecule has 1 fully saturated rings. The zero-order valence-corrected chi connectivity index (χ0v) is 17.1. The molecule has 2 aromatic rings. The lowest BCUT2D eigenvalue weighted by Gasteiger charge is -2.38. The van der Waals surface area contributed by atoms with Gasteiger partial charge in [0.25, 0.3) is 11.5 Å². The van der Waals surface area contributed by atoms with Crippen LogP contribution in [0.2, 0.25) is 0 Å². The molecule has 29 heavy (non-hydrogen) atoms. The third kappa shape index (κ3) is 5.03. The summed E-state index contributed by atoms with van der Waals surface area (Å²) in [5, 5.41) is 7.25. The van der Waals surface area contributed by atoms with Crippen molar-refractivity contribution >= 4 is 5.91 Å². The summed E-state index contributed by atoms with van der Waals surface area (Å²) in [6.45, 7) is 1.21. The molecule has 156 valence electrons. The Hall–Kier alpha value is -2.67. The van der Waals surface area contributed by atoms with E-state index in [4.69, 9.17) is 9.47 Å². The molecule has 1 saturated carbocycles. The summed E-state index contributed by atoms with van der Waals surface area (Å²) in [6, 6.07) is 11.0. The Kier molecular flexibility index (Phi) is 7.04. The van der Waals surface area contributed by atoms with Crippen LogP contribution in [-0.4, -0.2) is 43.1 Å². The van der Waals surface area contributed by atoms with E-state index in [1.165, 1.54) is 28.8 Å². The number of nitrogens with one attached hydrogen (secondary N) is 1. The van der Waals surface area contributed by atoms with Gasteiger partial charge in [0.05, 0.1) is 20.3 Å². The standard InChI is InChI=1S/C22H29N3O4/c1-28-15-14-25-20(26)11-10-19(24-25)21(27)23-16-22(12-4-3-5-13-22)17-6-8-18(29-2)9-7-17/h6-11H,3-5,12-16H2,1-2H3,(H,23,27). The molecule has 1 N–H and O–H groups in total. The van der Waals surface area contributed by atoms with Crippen LogP contribution < -0.4 is 15.6 Å². The van der Waals surface area contributed by atoms with Crippen LogP contribution in [0.1, 0.15) is 48.2 Å².